The Morgan fingerprint density at radius 2 is 2.21 bits per heavy atom. The van der Waals surface area contributed by atoms with Crippen molar-refractivity contribution < 1.29 is 14.7 Å². The molecule has 100 valence electrons. The van der Waals surface area contributed by atoms with Crippen LogP contribution >= 0.6 is 15.9 Å². The van der Waals surface area contributed by atoms with Gasteiger partial charge in [0.15, 0.2) is 0 Å². The highest BCUT2D eigenvalue weighted by Crippen LogP contribution is 2.27. The predicted octanol–water partition coefficient (Wildman–Crippen LogP) is 2.06. The molecule has 19 heavy (non-hydrogen) atoms. The van der Waals surface area contributed by atoms with Crippen molar-refractivity contribution >= 4 is 38.7 Å². The summed E-state index contributed by atoms with van der Waals surface area (Å²) in [5.74, 6) is -1.40. The molecule has 0 fully saturated rings. The van der Waals surface area contributed by atoms with Gasteiger partial charge in [0.25, 0.3) is 0 Å². The van der Waals surface area contributed by atoms with Crippen molar-refractivity contribution in [2.24, 2.45) is 0 Å². The van der Waals surface area contributed by atoms with Crippen molar-refractivity contribution in [2.45, 2.75) is 19.4 Å². The number of carboxylic acid groups (broad SMARTS) is 1. The summed E-state index contributed by atoms with van der Waals surface area (Å²) in [6.07, 6.45) is 2.00. The molecule has 1 amide bonds. The number of aliphatic carboxylic acids is 1. The van der Waals surface area contributed by atoms with E-state index < -0.39 is 12.0 Å². The lowest BCUT2D eigenvalue weighted by atomic mass is 10.1. The van der Waals surface area contributed by atoms with E-state index in [1.165, 1.54) is 6.92 Å². The minimum absolute atomic E-state index is 0.234. The molecule has 0 bridgehead atoms. The fourth-order valence-electron chi connectivity index (χ4n) is 2.03. The van der Waals surface area contributed by atoms with Crippen molar-refractivity contribution in [3.63, 3.8) is 0 Å². The normalized spacial score (nSPS) is 12.3. The van der Waals surface area contributed by atoms with Gasteiger partial charge >= 0.3 is 5.97 Å². The first-order valence-corrected chi connectivity index (χ1v) is 6.52. The molecule has 0 spiro atoms. The maximum absolute atomic E-state index is 11.1. The minimum atomic E-state index is -1.04. The second kappa shape index (κ2) is 5.44. The Kier molecular flexibility index (Phi) is 3.90. The number of benzene rings is 1. The molecule has 0 saturated carbocycles. The first-order valence-electron chi connectivity index (χ1n) is 5.73. The smallest absolute Gasteiger partial charge is 0.326 e. The zero-order valence-electron chi connectivity index (χ0n) is 10.2. The third-order valence-electron chi connectivity index (χ3n) is 2.84. The van der Waals surface area contributed by atoms with Crippen molar-refractivity contribution in [2.75, 3.05) is 0 Å². The Balaban J connectivity index is 2.34. The Morgan fingerprint density at radius 1 is 1.47 bits per heavy atom. The van der Waals surface area contributed by atoms with E-state index in [4.69, 9.17) is 5.11 Å². The van der Waals surface area contributed by atoms with Crippen molar-refractivity contribution in [3.8, 4) is 0 Å². The highest BCUT2D eigenvalue weighted by Gasteiger charge is 2.21. The van der Waals surface area contributed by atoms with Gasteiger partial charge in [0, 0.05) is 34.9 Å². The number of carboxylic acids is 1. The van der Waals surface area contributed by atoms with Gasteiger partial charge in [-0.2, -0.15) is 0 Å². The fraction of sp³-hybridized carbons (Fsp3) is 0.231. The molecule has 6 heteroatoms. The summed E-state index contributed by atoms with van der Waals surface area (Å²) in [7, 11) is 0. The van der Waals surface area contributed by atoms with Crippen LogP contribution in [0.5, 0.6) is 0 Å². The number of aromatic nitrogens is 1. The molecular formula is C13H13BrN2O3. The zero-order chi connectivity index (χ0) is 14.0. The van der Waals surface area contributed by atoms with E-state index in [-0.39, 0.29) is 12.3 Å². The van der Waals surface area contributed by atoms with Crippen LogP contribution in [0.1, 0.15) is 12.5 Å². The van der Waals surface area contributed by atoms with Gasteiger partial charge in [0.1, 0.15) is 6.04 Å². The average Bonchev–Trinajstić information content (AvgIpc) is 2.72. The monoisotopic (exact) mass is 324 g/mol. The van der Waals surface area contributed by atoms with Crippen molar-refractivity contribution in [1.82, 2.24) is 10.3 Å². The predicted molar refractivity (Wildman–Crippen MR) is 74.9 cm³/mol. The third-order valence-corrected chi connectivity index (χ3v) is 3.50. The van der Waals surface area contributed by atoms with Gasteiger partial charge < -0.3 is 15.4 Å². The Bertz CT molecular complexity index is 636. The van der Waals surface area contributed by atoms with Crippen LogP contribution in [0.4, 0.5) is 0 Å². The summed E-state index contributed by atoms with van der Waals surface area (Å²) in [6, 6.07) is 4.78. The number of carbonyl (C=O) groups excluding carboxylic acids is 1. The van der Waals surface area contributed by atoms with E-state index in [0.29, 0.717) is 0 Å². The van der Waals surface area contributed by atoms with Gasteiger partial charge in [0.2, 0.25) is 5.91 Å². The molecule has 0 aliphatic heterocycles. The molecule has 1 heterocycles. The largest absolute Gasteiger partial charge is 0.480 e. The molecule has 0 radical (unpaired) electrons. The minimum Gasteiger partial charge on any atom is -0.480 e. The summed E-state index contributed by atoms with van der Waals surface area (Å²) in [5.41, 5.74) is 1.78. The molecule has 1 aromatic heterocycles. The maximum atomic E-state index is 11.1. The lowest BCUT2D eigenvalue weighted by Crippen LogP contribution is -2.41. The van der Waals surface area contributed by atoms with Gasteiger partial charge in [-0.25, -0.2) is 4.79 Å². The number of aromatic amines is 1. The molecule has 0 aliphatic rings. The van der Waals surface area contributed by atoms with Gasteiger partial charge in [-0.05, 0) is 17.7 Å². The van der Waals surface area contributed by atoms with Crippen LogP contribution < -0.4 is 5.32 Å². The number of carbonyl (C=O) groups is 2. The Morgan fingerprint density at radius 3 is 2.84 bits per heavy atom. The summed E-state index contributed by atoms with van der Waals surface area (Å²) < 4.78 is 0.896. The van der Waals surface area contributed by atoms with Crippen LogP contribution in [0.2, 0.25) is 0 Å². The zero-order valence-corrected chi connectivity index (χ0v) is 11.8. The summed E-state index contributed by atoms with van der Waals surface area (Å²) in [6.45, 7) is 1.31. The van der Waals surface area contributed by atoms with Crippen LogP contribution in [0.3, 0.4) is 0 Å². The quantitative estimate of drug-likeness (QED) is 0.805. The van der Waals surface area contributed by atoms with Crippen LogP contribution in [0.15, 0.2) is 28.9 Å². The number of halogens is 1. The number of amides is 1. The molecule has 3 N–H and O–H groups in total. The van der Waals surface area contributed by atoms with Crippen LogP contribution in [-0.2, 0) is 16.0 Å². The molecule has 1 atom stereocenters. The number of fused-ring (bicyclic) bond motifs is 1. The van der Waals surface area contributed by atoms with E-state index >= 15 is 0 Å². The standard InChI is InChI=1S/C13H13BrN2O3/c1-7(17)16-11(13(18)19)5-8-6-15-10-4-2-3-9(14)12(8)10/h2-4,6,11,15H,5H2,1H3,(H,16,17)(H,18,19). The number of H-pyrrole nitrogens is 1. The molecule has 2 rings (SSSR count). The molecule has 2 aromatic rings. The number of nitrogens with one attached hydrogen (secondary N) is 2. The maximum Gasteiger partial charge on any atom is 0.326 e. The SMILES string of the molecule is CC(=O)NC(Cc1c[nH]c2cccc(Br)c12)C(=O)O. The van der Waals surface area contributed by atoms with Crippen LogP contribution in [0.25, 0.3) is 10.9 Å². The average molecular weight is 325 g/mol. The molecule has 1 aromatic carbocycles. The van der Waals surface area contributed by atoms with Crippen molar-refractivity contribution in [3.05, 3.63) is 34.4 Å². The van der Waals surface area contributed by atoms with Gasteiger partial charge in [0.05, 0.1) is 0 Å². The Hall–Kier alpha value is -1.82. The number of rotatable bonds is 4. The molecule has 0 saturated heterocycles. The number of hydrogen-bond acceptors (Lipinski definition) is 2. The second-order valence-electron chi connectivity index (χ2n) is 4.27. The van der Waals surface area contributed by atoms with Crippen LogP contribution in [0, 0.1) is 0 Å². The lowest BCUT2D eigenvalue weighted by Gasteiger charge is -2.12. The van der Waals surface area contributed by atoms with E-state index in [1.807, 2.05) is 18.2 Å². The lowest BCUT2D eigenvalue weighted by molar-refractivity contribution is -0.141. The van der Waals surface area contributed by atoms with Crippen LogP contribution in [-0.4, -0.2) is 28.0 Å². The van der Waals surface area contributed by atoms with Gasteiger partial charge in [-0.3, -0.25) is 4.79 Å². The summed E-state index contributed by atoms with van der Waals surface area (Å²) >= 11 is 3.45. The molecular weight excluding hydrogens is 312 g/mol. The third kappa shape index (κ3) is 2.96. The molecule has 5 nitrogen and oxygen atoms in total. The van der Waals surface area contributed by atoms with Crippen molar-refractivity contribution in [1.29, 1.82) is 0 Å². The summed E-state index contributed by atoms with van der Waals surface area (Å²) in [5, 5.41) is 12.5. The Labute approximate surface area is 118 Å². The molecule has 0 aliphatic carbocycles. The highest BCUT2D eigenvalue weighted by atomic mass is 79.9. The first kappa shape index (κ1) is 13.6. The fourth-order valence-corrected chi connectivity index (χ4v) is 2.65. The molecule has 1 unspecified atom stereocenters. The van der Waals surface area contributed by atoms with E-state index in [2.05, 4.69) is 26.2 Å². The highest BCUT2D eigenvalue weighted by molar-refractivity contribution is 9.10. The number of hydrogen-bond donors (Lipinski definition) is 3. The van der Waals surface area contributed by atoms with Gasteiger partial charge in [-0.1, -0.05) is 22.0 Å². The first-order chi connectivity index (χ1) is 8.99. The summed E-state index contributed by atoms with van der Waals surface area (Å²) in [4.78, 5) is 25.3. The topological polar surface area (TPSA) is 82.2 Å². The second-order valence-corrected chi connectivity index (χ2v) is 5.13. The van der Waals surface area contributed by atoms with E-state index in [1.54, 1.807) is 6.20 Å². The van der Waals surface area contributed by atoms with Gasteiger partial charge in [-0.15, -0.1) is 0 Å². The van der Waals surface area contributed by atoms with E-state index in [9.17, 15) is 9.59 Å². The van der Waals surface area contributed by atoms with E-state index in [0.717, 1.165) is 20.9 Å².